The van der Waals surface area contributed by atoms with Crippen LogP contribution in [-0.2, 0) is 14.2 Å². The molecule has 0 aromatic heterocycles. The first-order chi connectivity index (χ1) is 9.86. The summed E-state index contributed by atoms with van der Waals surface area (Å²) < 4.78 is 16.1. The molecule has 0 amide bonds. The van der Waals surface area contributed by atoms with Crippen molar-refractivity contribution in [2.45, 2.75) is 32.3 Å². The smallest absolute Gasteiger partial charge is 0.191 e. The summed E-state index contributed by atoms with van der Waals surface area (Å²) >= 11 is 0. The van der Waals surface area contributed by atoms with Gasteiger partial charge in [-0.05, 0) is 26.2 Å². The van der Waals surface area contributed by atoms with Gasteiger partial charge in [-0.3, -0.25) is 4.99 Å². The molecule has 1 fully saturated rings. The van der Waals surface area contributed by atoms with Crippen molar-refractivity contribution in [3.8, 4) is 0 Å². The molecule has 0 spiro atoms. The van der Waals surface area contributed by atoms with Gasteiger partial charge in [0.2, 0.25) is 0 Å². The molecule has 118 valence electrons. The van der Waals surface area contributed by atoms with Gasteiger partial charge in [0.25, 0.3) is 0 Å². The lowest BCUT2D eigenvalue weighted by Gasteiger charge is -2.11. The highest BCUT2D eigenvalue weighted by molar-refractivity contribution is 5.79. The summed E-state index contributed by atoms with van der Waals surface area (Å²) in [6.07, 6.45) is 3.53. The second kappa shape index (κ2) is 11.9. The van der Waals surface area contributed by atoms with E-state index in [1.165, 1.54) is 0 Å². The van der Waals surface area contributed by atoms with E-state index in [1.54, 1.807) is 7.11 Å². The predicted octanol–water partition coefficient (Wildman–Crippen LogP) is 0.774. The van der Waals surface area contributed by atoms with Gasteiger partial charge in [0.05, 0.1) is 19.3 Å². The fourth-order valence-electron chi connectivity index (χ4n) is 1.96. The Morgan fingerprint density at radius 2 is 2.25 bits per heavy atom. The van der Waals surface area contributed by atoms with E-state index in [4.69, 9.17) is 14.2 Å². The second-order valence-electron chi connectivity index (χ2n) is 4.74. The highest BCUT2D eigenvalue weighted by atomic mass is 16.5. The van der Waals surface area contributed by atoms with Crippen LogP contribution in [0.15, 0.2) is 4.99 Å². The topological polar surface area (TPSA) is 64.1 Å². The molecule has 1 saturated heterocycles. The first-order valence-electron chi connectivity index (χ1n) is 7.57. The van der Waals surface area contributed by atoms with Crippen molar-refractivity contribution in [1.29, 1.82) is 0 Å². The molecule has 0 aromatic rings. The van der Waals surface area contributed by atoms with Gasteiger partial charge in [0, 0.05) is 40.0 Å². The molecule has 0 aromatic carbocycles. The van der Waals surface area contributed by atoms with Crippen LogP contribution in [0.3, 0.4) is 0 Å². The van der Waals surface area contributed by atoms with Gasteiger partial charge in [-0.25, -0.2) is 0 Å². The van der Waals surface area contributed by atoms with Gasteiger partial charge in [-0.2, -0.15) is 0 Å². The van der Waals surface area contributed by atoms with E-state index in [0.29, 0.717) is 12.7 Å². The number of aliphatic imine (C=N–C) groups is 1. The summed E-state index contributed by atoms with van der Waals surface area (Å²) in [6, 6.07) is 0. The van der Waals surface area contributed by atoms with Crippen molar-refractivity contribution in [2.24, 2.45) is 4.99 Å². The van der Waals surface area contributed by atoms with Crippen LogP contribution >= 0.6 is 0 Å². The Morgan fingerprint density at radius 3 is 2.95 bits per heavy atom. The van der Waals surface area contributed by atoms with Crippen molar-refractivity contribution in [1.82, 2.24) is 10.6 Å². The van der Waals surface area contributed by atoms with Crippen molar-refractivity contribution < 1.29 is 14.2 Å². The molecule has 6 nitrogen and oxygen atoms in total. The molecule has 1 unspecified atom stereocenters. The highest BCUT2D eigenvalue weighted by Gasteiger charge is 2.14. The van der Waals surface area contributed by atoms with E-state index in [9.17, 15) is 0 Å². The third-order valence-corrected chi connectivity index (χ3v) is 2.99. The molecular formula is C14H29N3O3. The van der Waals surface area contributed by atoms with Gasteiger partial charge in [-0.15, -0.1) is 0 Å². The normalized spacial score (nSPS) is 19.3. The Balaban J connectivity index is 2.03. The standard InChI is InChI=1S/C14H29N3O3/c1-3-15-14(17-8-11-18-2)16-7-5-9-19-12-13-6-4-10-20-13/h13H,3-12H2,1-2H3,(H2,15,16,17). The lowest BCUT2D eigenvalue weighted by atomic mass is 10.2. The molecule has 1 rings (SSSR count). The molecule has 20 heavy (non-hydrogen) atoms. The Hall–Kier alpha value is -0.850. The fraction of sp³-hybridized carbons (Fsp3) is 0.929. The molecule has 1 heterocycles. The summed E-state index contributed by atoms with van der Waals surface area (Å²) in [6.45, 7) is 7.45. The number of hydrogen-bond acceptors (Lipinski definition) is 4. The maximum Gasteiger partial charge on any atom is 0.191 e. The third-order valence-electron chi connectivity index (χ3n) is 2.99. The number of ether oxygens (including phenoxy) is 3. The number of nitrogens with one attached hydrogen (secondary N) is 2. The first kappa shape index (κ1) is 17.2. The second-order valence-corrected chi connectivity index (χ2v) is 4.74. The van der Waals surface area contributed by atoms with Crippen LogP contribution in [-0.4, -0.2) is 65.2 Å². The summed E-state index contributed by atoms with van der Waals surface area (Å²) in [5, 5.41) is 6.41. The molecule has 1 aliphatic rings. The van der Waals surface area contributed by atoms with Gasteiger partial charge in [-0.1, -0.05) is 0 Å². The SMILES string of the molecule is CCNC(=NCCCOCC1CCCO1)NCCOC. The minimum absolute atomic E-state index is 0.312. The molecule has 0 saturated carbocycles. The predicted molar refractivity (Wildman–Crippen MR) is 80.3 cm³/mol. The van der Waals surface area contributed by atoms with Crippen LogP contribution < -0.4 is 10.6 Å². The van der Waals surface area contributed by atoms with Crippen LogP contribution in [0, 0.1) is 0 Å². The minimum Gasteiger partial charge on any atom is -0.383 e. The quantitative estimate of drug-likeness (QED) is 0.353. The van der Waals surface area contributed by atoms with Gasteiger partial charge < -0.3 is 24.8 Å². The molecule has 2 N–H and O–H groups in total. The first-order valence-corrected chi connectivity index (χ1v) is 7.57. The summed E-state index contributed by atoms with van der Waals surface area (Å²) in [4.78, 5) is 4.48. The van der Waals surface area contributed by atoms with E-state index in [-0.39, 0.29) is 0 Å². The lowest BCUT2D eigenvalue weighted by molar-refractivity contribution is 0.0171. The Kier molecular flexibility index (Phi) is 10.3. The average molecular weight is 287 g/mol. The Morgan fingerprint density at radius 1 is 1.35 bits per heavy atom. The number of methoxy groups -OCH3 is 1. The largest absolute Gasteiger partial charge is 0.383 e. The van der Waals surface area contributed by atoms with E-state index >= 15 is 0 Å². The molecular weight excluding hydrogens is 258 g/mol. The monoisotopic (exact) mass is 287 g/mol. The van der Waals surface area contributed by atoms with E-state index in [2.05, 4.69) is 22.5 Å². The van der Waals surface area contributed by atoms with E-state index in [0.717, 1.165) is 64.7 Å². The fourth-order valence-corrected chi connectivity index (χ4v) is 1.96. The van der Waals surface area contributed by atoms with Crippen LogP contribution in [0.1, 0.15) is 26.2 Å². The molecule has 6 heteroatoms. The van der Waals surface area contributed by atoms with Crippen LogP contribution in [0.5, 0.6) is 0 Å². The van der Waals surface area contributed by atoms with Crippen molar-refractivity contribution >= 4 is 5.96 Å². The van der Waals surface area contributed by atoms with Gasteiger partial charge in [0.15, 0.2) is 5.96 Å². The van der Waals surface area contributed by atoms with E-state index in [1.807, 2.05) is 0 Å². The molecule has 1 aliphatic heterocycles. The zero-order valence-electron chi connectivity index (χ0n) is 12.8. The molecule has 1 atom stereocenters. The van der Waals surface area contributed by atoms with Crippen LogP contribution in [0.25, 0.3) is 0 Å². The third kappa shape index (κ3) is 8.35. The maximum atomic E-state index is 5.60. The zero-order valence-corrected chi connectivity index (χ0v) is 12.8. The number of hydrogen-bond donors (Lipinski definition) is 2. The summed E-state index contributed by atoms with van der Waals surface area (Å²) in [5.41, 5.74) is 0. The van der Waals surface area contributed by atoms with Crippen molar-refractivity contribution in [3.63, 3.8) is 0 Å². The Labute approximate surface area is 122 Å². The maximum absolute atomic E-state index is 5.60. The zero-order chi connectivity index (χ0) is 14.5. The molecule has 0 aliphatic carbocycles. The van der Waals surface area contributed by atoms with E-state index < -0.39 is 0 Å². The van der Waals surface area contributed by atoms with Crippen LogP contribution in [0.4, 0.5) is 0 Å². The van der Waals surface area contributed by atoms with Crippen LogP contribution in [0.2, 0.25) is 0 Å². The van der Waals surface area contributed by atoms with Crippen molar-refractivity contribution in [3.05, 3.63) is 0 Å². The van der Waals surface area contributed by atoms with Crippen molar-refractivity contribution in [2.75, 3.05) is 53.2 Å². The molecule has 0 radical (unpaired) electrons. The minimum atomic E-state index is 0.312. The number of nitrogens with zero attached hydrogens (tertiary/aromatic N) is 1. The summed E-state index contributed by atoms with van der Waals surface area (Å²) in [5.74, 6) is 0.837. The number of rotatable bonds is 10. The van der Waals surface area contributed by atoms with Gasteiger partial charge >= 0.3 is 0 Å². The number of guanidine groups is 1. The molecule has 0 bridgehead atoms. The average Bonchev–Trinajstić information content (AvgIpc) is 2.96. The van der Waals surface area contributed by atoms with Gasteiger partial charge in [0.1, 0.15) is 0 Å². The Bertz CT molecular complexity index is 256. The lowest BCUT2D eigenvalue weighted by Crippen LogP contribution is -2.39. The highest BCUT2D eigenvalue weighted by Crippen LogP contribution is 2.11. The summed E-state index contributed by atoms with van der Waals surface area (Å²) in [7, 11) is 1.69.